The molecule has 0 aromatic heterocycles. The number of hydrogen-bond acceptors (Lipinski definition) is 3. The van der Waals surface area contributed by atoms with E-state index in [1.165, 1.54) is 19.4 Å². The third-order valence-corrected chi connectivity index (χ3v) is 5.12. The average molecular weight is 260 g/mol. The number of unbranched alkanes of at least 4 members (excludes halogenated alkanes) is 1. The minimum Gasteiger partial charge on any atom is -0.301 e. The minimum absolute atomic E-state index is 0.149. The summed E-state index contributed by atoms with van der Waals surface area (Å²) in [5.74, 6) is 1.17. The van der Waals surface area contributed by atoms with Gasteiger partial charge in [-0.1, -0.05) is 13.3 Å². The summed E-state index contributed by atoms with van der Waals surface area (Å²) in [5, 5.41) is 0. The number of hydrogen-bond donors (Lipinski definition) is 1. The number of likely N-dealkylation sites (tertiary alicyclic amines) is 1. The third-order valence-electron chi connectivity index (χ3n) is 3.60. The Morgan fingerprint density at radius 2 is 2.06 bits per heavy atom. The van der Waals surface area contributed by atoms with E-state index >= 15 is 0 Å². The minimum atomic E-state index is -3.04. The highest BCUT2D eigenvalue weighted by Crippen LogP contribution is 2.30. The fraction of sp³-hybridized carbons (Fsp3) is 1.00. The molecule has 0 bridgehead atoms. The van der Waals surface area contributed by atoms with E-state index in [0.717, 1.165) is 38.3 Å². The zero-order valence-corrected chi connectivity index (χ0v) is 11.5. The molecule has 0 aromatic rings. The van der Waals surface area contributed by atoms with Crippen LogP contribution in [-0.4, -0.2) is 44.7 Å². The van der Waals surface area contributed by atoms with Gasteiger partial charge in [0.25, 0.3) is 0 Å². The van der Waals surface area contributed by atoms with Gasteiger partial charge in [0.2, 0.25) is 10.0 Å². The van der Waals surface area contributed by atoms with Crippen LogP contribution in [0.25, 0.3) is 0 Å². The Labute approximate surface area is 105 Å². The largest absolute Gasteiger partial charge is 0.301 e. The Kier molecular flexibility index (Phi) is 4.44. The first-order valence-electron chi connectivity index (χ1n) is 6.81. The van der Waals surface area contributed by atoms with Gasteiger partial charge in [0, 0.05) is 19.1 Å². The van der Waals surface area contributed by atoms with Crippen molar-refractivity contribution in [1.29, 1.82) is 0 Å². The lowest BCUT2D eigenvalue weighted by atomic mass is 10.3. The molecule has 1 atom stereocenters. The molecule has 1 heterocycles. The zero-order chi connectivity index (χ0) is 12.3. The van der Waals surface area contributed by atoms with Crippen molar-refractivity contribution in [3.05, 3.63) is 0 Å². The topological polar surface area (TPSA) is 49.4 Å². The molecule has 2 aliphatic rings. The molecule has 100 valence electrons. The highest BCUT2D eigenvalue weighted by Gasteiger charge is 2.30. The molecule has 1 saturated carbocycles. The van der Waals surface area contributed by atoms with Gasteiger partial charge in [0.05, 0.1) is 5.75 Å². The molecule has 0 amide bonds. The van der Waals surface area contributed by atoms with Crippen molar-refractivity contribution in [1.82, 2.24) is 9.62 Å². The molecule has 17 heavy (non-hydrogen) atoms. The van der Waals surface area contributed by atoms with E-state index in [2.05, 4.69) is 9.62 Å². The monoisotopic (exact) mass is 260 g/mol. The van der Waals surface area contributed by atoms with Gasteiger partial charge in [0.15, 0.2) is 0 Å². The molecule has 1 aliphatic heterocycles. The summed E-state index contributed by atoms with van der Waals surface area (Å²) in [7, 11) is -3.04. The van der Waals surface area contributed by atoms with Crippen molar-refractivity contribution in [3.8, 4) is 0 Å². The van der Waals surface area contributed by atoms with Gasteiger partial charge >= 0.3 is 0 Å². The lowest BCUT2D eigenvalue weighted by Crippen LogP contribution is -2.38. The summed E-state index contributed by atoms with van der Waals surface area (Å²) in [6, 6.07) is 0.149. The van der Waals surface area contributed by atoms with Gasteiger partial charge in [-0.15, -0.1) is 0 Å². The van der Waals surface area contributed by atoms with E-state index in [4.69, 9.17) is 0 Å². The van der Waals surface area contributed by atoms with Crippen molar-refractivity contribution in [2.24, 2.45) is 5.92 Å². The smallest absolute Gasteiger partial charge is 0.211 e. The highest BCUT2D eigenvalue weighted by molar-refractivity contribution is 7.89. The molecule has 0 unspecified atom stereocenters. The molecule has 0 radical (unpaired) electrons. The first-order valence-corrected chi connectivity index (χ1v) is 8.46. The first kappa shape index (κ1) is 13.3. The number of nitrogens with one attached hydrogen (secondary N) is 1. The van der Waals surface area contributed by atoms with Gasteiger partial charge in [-0.3, -0.25) is 0 Å². The van der Waals surface area contributed by atoms with Gasteiger partial charge < -0.3 is 4.90 Å². The van der Waals surface area contributed by atoms with E-state index in [9.17, 15) is 8.42 Å². The summed E-state index contributed by atoms with van der Waals surface area (Å²) >= 11 is 0. The van der Waals surface area contributed by atoms with Crippen LogP contribution in [0.4, 0.5) is 0 Å². The van der Waals surface area contributed by atoms with Crippen molar-refractivity contribution < 1.29 is 8.42 Å². The van der Waals surface area contributed by atoms with Crippen LogP contribution in [0.15, 0.2) is 0 Å². The van der Waals surface area contributed by atoms with Crippen LogP contribution in [0, 0.1) is 5.92 Å². The van der Waals surface area contributed by atoms with Crippen LogP contribution < -0.4 is 4.72 Å². The maximum Gasteiger partial charge on any atom is 0.211 e. The molecule has 1 saturated heterocycles. The summed E-state index contributed by atoms with van der Waals surface area (Å²) in [5.41, 5.74) is 0. The van der Waals surface area contributed by atoms with Gasteiger partial charge in [-0.25, -0.2) is 13.1 Å². The summed E-state index contributed by atoms with van der Waals surface area (Å²) in [6.07, 6.45) is 5.39. The predicted molar refractivity (Wildman–Crippen MR) is 69.4 cm³/mol. The van der Waals surface area contributed by atoms with Crippen LogP contribution in [0.5, 0.6) is 0 Å². The summed E-state index contributed by atoms with van der Waals surface area (Å²) in [4.78, 5) is 2.41. The molecular formula is C12H24N2O2S. The van der Waals surface area contributed by atoms with Gasteiger partial charge in [-0.2, -0.15) is 0 Å². The molecule has 0 spiro atoms. The van der Waals surface area contributed by atoms with Crippen LogP contribution in [0.3, 0.4) is 0 Å². The second-order valence-corrected chi connectivity index (χ2v) is 7.35. The number of sulfonamides is 1. The van der Waals surface area contributed by atoms with Crippen molar-refractivity contribution in [2.45, 2.75) is 45.1 Å². The molecule has 1 aliphatic carbocycles. The van der Waals surface area contributed by atoms with E-state index in [1.54, 1.807) is 0 Å². The van der Waals surface area contributed by atoms with E-state index in [-0.39, 0.29) is 11.8 Å². The fourth-order valence-corrected chi connectivity index (χ4v) is 3.89. The first-order chi connectivity index (χ1) is 8.09. The van der Waals surface area contributed by atoms with E-state index in [0.29, 0.717) is 0 Å². The Bertz CT molecular complexity index is 338. The quantitative estimate of drug-likeness (QED) is 0.748. The normalized spacial score (nSPS) is 26.5. The molecule has 4 nitrogen and oxygen atoms in total. The maximum absolute atomic E-state index is 11.8. The maximum atomic E-state index is 11.8. The number of nitrogens with zero attached hydrogens (tertiary/aromatic N) is 1. The van der Waals surface area contributed by atoms with Gasteiger partial charge in [0.1, 0.15) is 0 Å². The summed E-state index contributed by atoms with van der Waals surface area (Å²) in [6.45, 7) is 5.15. The lowest BCUT2D eigenvalue weighted by molar-refractivity contribution is 0.318. The molecule has 5 heteroatoms. The van der Waals surface area contributed by atoms with Crippen LogP contribution >= 0.6 is 0 Å². The van der Waals surface area contributed by atoms with Crippen LogP contribution in [0.1, 0.15) is 39.0 Å². The second-order valence-electron chi connectivity index (χ2n) is 5.48. The molecule has 2 fully saturated rings. The Balaban J connectivity index is 1.72. The molecule has 2 rings (SSSR count). The SMILES string of the molecule is CCCCS(=O)(=O)N[C@@H]1CCN(CC2CC2)C1. The van der Waals surface area contributed by atoms with E-state index in [1.807, 2.05) is 6.92 Å². The third kappa shape index (κ3) is 4.56. The highest BCUT2D eigenvalue weighted by atomic mass is 32.2. The fourth-order valence-electron chi connectivity index (χ4n) is 2.41. The van der Waals surface area contributed by atoms with Crippen molar-refractivity contribution >= 4 is 10.0 Å². The second kappa shape index (κ2) is 5.67. The van der Waals surface area contributed by atoms with E-state index < -0.39 is 10.0 Å². The molecule has 0 aromatic carbocycles. The Morgan fingerprint density at radius 1 is 1.29 bits per heavy atom. The van der Waals surface area contributed by atoms with Crippen molar-refractivity contribution in [3.63, 3.8) is 0 Å². The van der Waals surface area contributed by atoms with Gasteiger partial charge in [-0.05, 0) is 38.1 Å². The van der Waals surface area contributed by atoms with Crippen LogP contribution in [0.2, 0.25) is 0 Å². The number of rotatable bonds is 7. The standard InChI is InChI=1S/C12H24N2O2S/c1-2-3-8-17(15,16)13-12-6-7-14(10-12)9-11-4-5-11/h11-13H,2-10H2,1H3/t12-/m1/s1. The zero-order valence-electron chi connectivity index (χ0n) is 10.7. The van der Waals surface area contributed by atoms with Crippen LogP contribution in [-0.2, 0) is 10.0 Å². The summed E-state index contributed by atoms with van der Waals surface area (Å²) < 4.78 is 26.4. The Morgan fingerprint density at radius 3 is 2.71 bits per heavy atom. The molecule has 1 N–H and O–H groups in total. The Hall–Kier alpha value is -0.130. The average Bonchev–Trinajstić information content (AvgIpc) is 2.96. The lowest BCUT2D eigenvalue weighted by Gasteiger charge is -2.16. The predicted octanol–water partition coefficient (Wildman–Crippen LogP) is 1.19. The molecular weight excluding hydrogens is 236 g/mol. The van der Waals surface area contributed by atoms with Crippen molar-refractivity contribution in [2.75, 3.05) is 25.4 Å².